The standard InChI is InChI=1S/C12H18O2.Ni/c1-3-4-5-6-10-9(2)7-8-11(13)12(10)14;/h7-8,13-14H,3-6H2,1-2H3;/q;+2/p-2. The Morgan fingerprint density at radius 1 is 1.13 bits per heavy atom. The molecule has 0 N–H and O–H groups in total. The Bertz CT molecular complexity index is 311. The Kier molecular flexibility index (Phi) is 6.43. The van der Waals surface area contributed by atoms with Gasteiger partial charge in [-0.1, -0.05) is 37.5 Å². The van der Waals surface area contributed by atoms with Gasteiger partial charge in [-0.15, -0.1) is 11.5 Å². The van der Waals surface area contributed by atoms with Crippen LogP contribution in [0.25, 0.3) is 0 Å². The second kappa shape index (κ2) is 6.73. The van der Waals surface area contributed by atoms with Crippen LogP contribution in [0.3, 0.4) is 0 Å². The molecule has 2 nitrogen and oxygen atoms in total. The Morgan fingerprint density at radius 3 is 2.40 bits per heavy atom. The normalized spacial score (nSPS) is 9.73. The fourth-order valence-electron chi connectivity index (χ4n) is 1.57. The molecule has 0 unspecified atom stereocenters. The van der Waals surface area contributed by atoms with Crippen LogP contribution in [0, 0.1) is 6.92 Å². The number of rotatable bonds is 4. The van der Waals surface area contributed by atoms with Gasteiger partial charge in [0, 0.05) is 0 Å². The quantitative estimate of drug-likeness (QED) is 0.605. The Balaban J connectivity index is 0.00000196. The van der Waals surface area contributed by atoms with Crippen LogP contribution in [0.5, 0.6) is 11.5 Å². The van der Waals surface area contributed by atoms with Crippen molar-refractivity contribution in [1.29, 1.82) is 0 Å². The summed E-state index contributed by atoms with van der Waals surface area (Å²) in [5.41, 5.74) is 1.66. The Morgan fingerprint density at radius 2 is 1.80 bits per heavy atom. The third-order valence-electron chi connectivity index (χ3n) is 2.49. The maximum atomic E-state index is 11.5. The number of benzene rings is 1. The predicted octanol–water partition coefficient (Wildman–Crippen LogP) is 1.87. The van der Waals surface area contributed by atoms with Gasteiger partial charge in [0.25, 0.3) is 0 Å². The molecule has 1 aromatic carbocycles. The molecule has 0 radical (unpaired) electrons. The molecule has 0 aliphatic carbocycles. The molecule has 1 aromatic rings. The van der Waals surface area contributed by atoms with Gasteiger partial charge in [0.1, 0.15) is 0 Å². The van der Waals surface area contributed by atoms with E-state index in [4.69, 9.17) is 0 Å². The first-order valence-corrected chi connectivity index (χ1v) is 5.13. The third kappa shape index (κ3) is 3.75. The van der Waals surface area contributed by atoms with E-state index in [2.05, 4.69) is 6.92 Å². The summed E-state index contributed by atoms with van der Waals surface area (Å²) in [6, 6.07) is 3.10. The van der Waals surface area contributed by atoms with Gasteiger partial charge in [-0.3, -0.25) is 0 Å². The Labute approximate surface area is 101 Å². The summed E-state index contributed by atoms with van der Waals surface area (Å²) in [5.74, 6) is -0.678. The molecule has 0 heterocycles. The van der Waals surface area contributed by atoms with Crippen LogP contribution >= 0.6 is 0 Å². The summed E-state index contributed by atoms with van der Waals surface area (Å²) in [6.07, 6.45) is 3.98. The van der Waals surface area contributed by atoms with Crippen molar-refractivity contribution in [3.8, 4) is 11.5 Å². The van der Waals surface area contributed by atoms with Gasteiger partial charge in [-0.2, -0.15) is 0 Å². The van der Waals surface area contributed by atoms with Gasteiger partial charge in [0.2, 0.25) is 0 Å². The van der Waals surface area contributed by atoms with Crippen molar-refractivity contribution in [2.24, 2.45) is 0 Å². The van der Waals surface area contributed by atoms with Gasteiger partial charge in [0.15, 0.2) is 0 Å². The van der Waals surface area contributed by atoms with Gasteiger partial charge in [-0.25, -0.2) is 0 Å². The fourth-order valence-corrected chi connectivity index (χ4v) is 1.57. The van der Waals surface area contributed by atoms with Crippen molar-refractivity contribution in [3.05, 3.63) is 23.3 Å². The van der Waals surface area contributed by atoms with E-state index in [1.54, 1.807) is 6.07 Å². The summed E-state index contributed by atoms with van der Waals surface area (Å²) in [5, 5.41) is 22.6. The minimum absolute atomic E-state index is 0. The van der Waals surface area contributed by atoms with E-state index in [0.29, 0.717) is 5.56 Å². The molecular formula is C12H16NiO2. The number of hydrogen-bond acceptors (Lipinski definition) is 2. The number of aryl methyl sites for hydroxylation is 1. The van der Waals surface area contributed by atoms with Crippen LogP contribution in [0.2, 0.25) is 0 Å². The summed E-state index contributed by atoms with van der Waals surface area (Å²) >= 11 is 0. The molecule has 0 bridgehead atoms. The van der Waals surface area contributed by atoms with Crippen molar-refractivity contribution >= 4 is 0 Å². The molecule has 3 heteroatoms. The van der Waals surface area contributed by atoms with E-state index < -0.39 is 0 Å². The second-order valence-electron chi connectivity index (χ2n) is 3.65. The molecule has 0 spiro atoms. The largest absolute Gasteiger partial charge is 2.00 e. The SMILES string of the molecule is CCCCCc1c(C)ccc([O-])c1[O-].[Ni+2]. The Hall–Kier alpha value is -0.686. The second-order valence-corrected chi connectivity index (χ2v) is 3.65. The van der Waals surface area contributed by atoms with E-state index >= 15 is 0 Å². The van der Waals surface area contributed by atoms with Crippen molar-refractivity contribution in [1.82, 2.24) is 0 Å². The zero-order valence-corrected chi connectivity index (χ0v) is 10.1. The van der Waals surface area contributed by atoms with E-state index in [0.717, 1.165) is 31.2 Å². The van der Waals surface area contributed by atoms with Gasteiger partial charge in [0.05, 0.1) is 0 Å². The van der Waals surface area contributed by atoms with E-state index in [9.17, 15) is 10.2 Å². The molecule has 0 amide bonds. The summed E-state index contributed by atoms with van der Waals surface area (Å²) in [4.78, 5) is 0. The summed E-state index contributed by atoms with van der Waals surface area (Å²) in [6.45, 7) is 4.01. The van der Waals surface area contributed by atoms with Crippen molar-refractivity contribution in [3.63, 3.8) is 0 Å². The smallest absolute Gasteiger partial charge is 0.873 e. The molecule has 0 saturated heterocycles. The molecule has 0 aromatic heterocycles. The van der Waals surface area contributed by atoms with Crippen LogP contribution in [0.15, 0.2) is 12.1 Å². The molecular weight excluding hydrogens is 235 g/mol. The maximum absolute atomic E-state index is 11.5. The van der Waals surface area contributed by atoms with Crippen molar-refractivity contribution in [2.75, 3.05) is 0 Å². The first-order valence-electron chi connectivity index (χ1n) is 5.13. The first kappa shape index (κ1) is 14.3. The molecule has 15 heavy (non-hydrogen) atoms. The molecule has 0 saturated carbocycles. The van der Waals surface area contributed by atoms with Crippen LogP contribution in [-0.4, -0.2) is 0 Å². The monoisotopic (exact) mass is 250 g/mol. The third-order valence-corrected chi connectivity index (χ3v) is 2.49. The number of unbranched alkanes of at least 4 members (excludes halogenated alkanes) is 2. The average molecular weight is 251 g/mol. The van der Waals surface area contributed by atoms with Gasteiger partial charge < -0.3 is 10.2 Å². The maximum Gasteiger partial charge on any atom is 2.00 e. The van der Waals surface area contributed by atoms with Crippen molar-refractivity contribution in [2.45, 2.75) is 39.5 Å². The minimum Gasteiger partial charge on any atom is -0.873 e. The zero-order chi connectivity index (χ0) is 10.6. The molecule has 0 aliphatic heterocycles. The number of hydrogen-bond donors (Lipinski definition) is 0. The van der Waals surface area contributed by atoms with Crippen LogP contribution in [0.1, 0.15) is 37.3 Å². The average Bonchev–Trinajstić information content (AvgIpc) is 2.18. The summed E-state index contributed by atoms with van der Waals surface area (Å²) < 4.78 is 0. The topological polar surface area (TPSA) is 46.1 Å². The predicted molar refractivity (Wildman–Crippen MR) is 53.3 cm³/mol. The van der Waals surface area contributed by atoms with E-state index in [1.165, 1.54) is 6.07 Å². The fraction of sp³-hybridized carbons (Fsp3) is 0.500. The van der Waals surface area contributed by atoms with Crippen LogP contribution in [-0.2, 0) is 22.9 Å². The van der Waals surface area contributed by atoms with E-state index in [-0.39, 0.29) is 28.0 Å². The first-order chi connectivity index (χ1) is 6.66. The molecule has 0 aliphatic rings. The zero-order valence-electron chi connectivity index (χ0n) is 9.12. The molecule has 1 rings (SSSR count). The molecule has 0 fully saturated rings. The van der Waals surface area contributed by atoms with Crippen molar-refractivity contribution < 1.29 is 26.7 Å². The minimum atomic E-state index is -0.373. The molecule has 0 atom stereocenters. The van der Waals surface area contributed by atoms with E-state index in [1.807, 2.05) is 6.92 Å². The summed E-state index contributed by atoms with van der Waals surface area (Å²) in [7, 11) is 0. The van der Waals surface area contributed by atoms with Crippen LogP contribution in [0.4, 0.5) is 0 Å². The van der Waals surface area contributed by atoms with Gasteiger partial charge >= 0.3 is 16.5 Å². The van der Waals surface area contributed by atoms with Gasteiger partial charge in [-0.05, 0) is 25.3 Å². The molecule has 86 valence electrons. The van der Waals surface area contributed by atoms with Crippen LogP contribution < -0.4 is 10.2 Å².